The van der Waals surface area contributed by atoms with Gasteiger partial charge in [0, 0.05) is 39.1 Å². The number of hydrogen-bond donors (Lipinski definition) is 2. The number of carbonyl (C=O) groups excluding carboxylic acids is 1. The number of nitrogens with one attached hydrogen (secondary N) is 2. The molecule has 1 aliphatic rings. The van der Waals surface area contributed by atoms with Gasteiger partial charge in [-0.25, -0.2) is 9.97 Å². The third-order valence-electron chi connectivity index (χ3n) is 4.20. The van der Waals surface area contributed by atoms with Gasteiger partial charge in [-0.15, -0.1) is 0 Å². The van der Waals surface area contributed by atoms with Gasteiger partial charge in [0.25, 0.3) is 5.91 Å². The lowest BCUT2D eigenvalue weighted by Crippen LogP contribution is -2.48. The smallest absolute Gasteiger partial charge is 0.291 e. The standard InChI is InChI=1S/C15H22ClN7O/c1-2-3-4-12-19-11(13(16)20-12)9-22-5-7-23(8-6-22)15(24)14-17-10-18-21-14/h10H,2-9H2,1H3,(H,19,20)(H,17,18,21). The first-order chi connectivity index (χ1) is 11.7. The maximum absolute atomic E-state index is 12.2. The summed E-state index contributed by atoms with van der Waals surface area (Å²) in [6, 6.07) is 0. The number of halogens is 1. The molecule has 1 amide bonds. The highest BCUT2D eigenvalue weighted by Crippen LogP contribution is 2.17. The van der Waals surface area contributed by atoms with Gasteiger partial charge in [0.05, 0.1) is 5.69 Å². The minimum absolute atomic E-state index is 0.103. The van der Waals surface area contributed by atoms with Crippen LogP contribution in [0.15, 0.2) is 6.33 Å². The zero-order chi connectivity index (χ0) is 16.9. The van der Waals surface area contributed by atoms with E-state index >= 15 is 0 Å². The third kappa shape index (κ3) is 3.93. The monoisotopic (exact) mass is 351 g/mol. The molecule has 1 aliphatic heterocycles. The Kier molecular flexibility index (Phi) is 5.47. The van der Waals surface area contributed by atoms with Gasteiger partial charge in [-0.2, -0.15) is 5.10 Å². The normalized spacial score (nSPS) is 15.8. The van der Waals surface area contributed by atoms with E-state index in [1.807, 2.05) is 0 Å². The highest BCUT2D eigenvalue weighted by molar-refractivity contribution is 6.30. The van der Waals surface area contributed by atoms with Crippen LogP contribution in [0.3, 0.4) is 0 Å². The summed E-state index contributed by atoms with van der Waals surface area (Å²) in [6.07, 6.45) is 4.51. The minimum Gasteiger partial charge on any atom is -0.344 e. The van der Waals surface area contributed by atoms with Crippen molar-refractivity contribution in [2.75, 3.05) is 26.2 Å². The van der Waals surface area contributed by atoms with Gasteiger partial charge in [-0.1, -0.05) is 24.9 Å². The zero-order valence-corrected chi connectivity index (χ0v) is 14.5. The molecule has 0 atom stereocenters. The number of hydrogen-bond acceptors (Lipinski definition) is 5. The van der Waals surface area contributed by atoms with Crippen LogP contribution in [-0.4, -0.2) is 67.0 Å². The fraction of sp³-hybridized carbons (Fsp3) is 0.600. The van der Waals surface area contributed by atoms with Gasteiger partial charge < -0.3 is 9.88 Å². The average Bonchev–Trinajstić information content (AvgIpc) is 3.24. The summed E-state index contributed by atoms with van der Waals surface area (Å²) >= 11 is 6.24. The number of carbonyl (C=O) groups is 1. The van der Waals surface area contributed by atoms with Crippen LogP contribution in [0.2, 0.25) is 5.15 Å². The summed E-state index contributed by atoms with van der Waals surface area (Å²) in [4.78, 5) is 27.9. The van der Waals surface area contributed by atoms with E-state index in [-0.39, 0.29) is 5.91 Å². The van der Waals surface area contributed by atoms with Gasteiger partial charge in [0.15, 0.2) is 5.15 Å². The summed E-state index contributed by atoms with van der Waals surface area (Å²) in [5.74, 6) is 1.14. The van der Waals surface area contributed by atoms with E-state index in [4.69, 9.17) is 11.6 Å². The summed E-state index contributed by atoms with van der Waals surface area (Å²) < 4.78 is 0. The van der Waals surface area contributed by atoms with Crippen molar-refractivity contribution < 1.29 is 4.79 Å². The van der Waals surface area contributed by atoms with E-state index in [1.54, 1.807) is 4.90 Å². The molecule has 3 rings (SSSR count). The Morgan fingerprint density at radius 3 is 2.79 bits per heavy atom. The molecule has 2 aromatic heterocycles. The second-order valence-electron chi connectivity index (χ2n) is 5.96. The van der Waals surface area contributed by atoms with Gasteiger partial charge in [0.2, 0.25) is 5.82 Å². The molecule has 2 aromatic rings. The van der Waals surface area contributed by atoms with E-state index in [1.165, 1.54) is 6.33 Å². The third-order valence-corrected chi connectivity index (χ3v) is 4.52. The molecule has 1 fully saturated rings. The van der Waals surface area contributed by atoms with Crippen molar-refractivity contribution >= 4 is 17.5 Å². The van der Waals surface area contributed by atoms with E-state index in [2.05, 4.69) is 37.0 Å². The van der Waals surface area contributed by atoms with Crippen LogP contribution in [0.5, 0.6) is 0 Å². The molecule has 130 valence electrons. The molecular formula is C15H22ClN7O. The van der Waals surface area contributed by atoms with Crippen LogP contribution < -0.4 is 0 Å². The number of amides is 1. The first-order valence-corrected chi connectivity index (χ1v) is 8.65. The number of unbranched alkanes of at least 4 members (excludes halogenated alkanes) is 1. The first-order valence-electron chi connectivity index (χ1n) is 8.27. The van der Waals surface area contributed by atoms with Crippen LogP contribution >= 0.6 is 11.6 Å². The number of aromatic nitrogens is 5. The Labute approximate surface area is 145 Å². The summed E-state index contributed by atoms with van der Waals surface area (Å²) in [7, 11) is 0. The molecule has 0 radical (unpaired) electrons. The minimum atomic E-state index is -0.103. The van der Waals surface area contributed by atoms with Crippen LogP contribution in [0.1, 0.15) is 41.9 Å². The van der Waals surface area contributed by atoms with Gasteiger partial charge in [0.1, 0.15) is 12.2 Å². The Morgan fingerprint density at radius 2 is 2.12 bits per heavy atom. The van der Waals surface area contributed by atoms with Crippen molar-refractivity contribution in [2.24, 2.45) is 0 Å². The number of nitrogens with zero attached hydrogens (tertiary/aromatic N) is 5. The largest absolute Gasteiger partial charge is 0.344 e. The SMILES string of the molecule is CCCCc1nc(Cl)c(CN2CCN(C(=O)c3ncn[nH]3)CC2)[nH]1. The molecule has 0 spiro atoms. The Bertz CT molecular complexity index is 661. The highest BCUT2D eigenvalue weighted by Gasteiger charge is 2.24. The summed E-state index contributed by atoms with van der Waals surface area (Å²) in [5.41, 5.74) is 0.956. The molecule has 1 saturated heterocycles. The Hall–Kier alpha value is -1.93. The van der Waals surface area contributed by atoms with E-state index in [0.29, 0.717) is 24.1 Å². The van der Waals surface area contributed by atoms with Gasteiger partial charge in [-0.05, 0) is 6.42 Å². The average molecular weight is 352 g/mol. The molecule has 0 bridgehead atoms. The van der Waals surface area contributed by atoms with Gasteiger partial charge >= 0.3 is 0 Å². The fourth-order valence-corrected chi connectivity index (χ4v) is 3.01. The van der Waals surface area contributed by atoms with Crippen LogP contribution in [-0.2, 0) is 13.0 Å². The number of aromatic amines is 2. The summed E-state index contributed by atoms with van der Waals surface area (Å²) in [6.45, 7) is 5.79. The molecule has 9 heteroatoms. The maximum Gasteiger partial charge on any atom is 0.291 e. The van der Waals surface area contributed by atoms with Crippen molar-refractivity contribution in [2.45, 2.75) is 32.7 Å². The lowest BCUT2D eigenvalue weighted by Gasteiger charge is -2.33. The Morgan fingerprint density at radius 1 is 1.33 bits per heavy atom. The molecule has 2 N–H and O–H groups in total. The second kappa shape index (κ2) is 7.76. The lowest BCUT2D eigenvalue weighted by atomic mass is 10.2. The lowest BCUT2D eigenvalue weighted by molar-refractivity contribution is 0.0615. The van der Waals surface area contributed by atoms with E-state index in [0.717, 1.165) is 50.4 Å². The number of H-pyrrole nitrogens is 2. The van der Waals surface area contributed by atoms with Crippen LogP contribution in [0, 0.1) is 0 Å². The predicted molar refractivity (Wildman–Crippen MR) is 89.8 cm³/mol. The van der Waals surface area contributed by atoms with Crippen molar-refractivity contribution in [1.29, 1.82) is 0 Å². The second-order valence-corrected chi connectivity index (χ2v) is 6.32. The van der Waals surface area contributed by atoms with Crippen LogP contribution in [0.4, 0.5) is 0 Å². The molecule has 0 unspecified atom stereocenters. The van der Waals surface area contributed by atoms with E-state index < -0.39 is 0 Å². The number of imidazole rings is 1. The van der Waals surface area contributed by atoms with E-state index in [9.17, 15) is 4.79 Å². The molecule has 8 nitrogen and oxygen atoms in total. The first kappa shape index (κ1) is 16.9. The topological polar surface area (TPSA) is 93.8 Å². The van der Waals surface area contributed by atoms with Crippen molar-refractivity contribution in [1.82, 2.24) is 34.9 Å². The quantitative estimate of drug-likeness (QED) is 0.822. The number of aryl methyl sites for hydroxylation is 1. The van der Waals surface area contributed by atoms with Crippen LogP contribution in [0.25, 0.3) is 0 Å². The van der Waals surface area contributed by atoms with Crippen molar-refractivity contribution in [3.63, 3.8) is 0 Å². The molecule has 3 heterocycles. The predicted octanol–water partition coefficient (Wildman–Crippen LogP) is 1.48. The maximum atomic E-state index is 12.2. The molecular weight excluding hydrogens is 330 g/mol. The molecule has 24 heavy (non-hydrogen) atoms. The zero-order valence-electron chi connectivity index (χ0n) is 13.8. The number of piperazine rings is 1. The molecule has 0 aromatic carbocycles. The number of rotatable bonds is 6. The van der Waals surface area contributed by atoms with Crippen molar-refractivity contribution in [3.8, 4) is 0 Å². The Balaban J connectivity index is 1.52. The van der Waals surface area contributed by atoms with Gasteiger partial charge in [-0.3, -0.25) is 14.8 Å². The molecule has 0 saturated carbocycles. The summed E-state index contributed by atoms with van der Waals surface area (Å²) in [5, 5.41) is 6.89. The molecule has 0 aliphatic carbocycles. The van der Waals surface area contributed by atoms with Crippen molar-refractivity contribution in [3.05, 3.63) is 28.8 Å². The fourth-order valence-electron chi connectivity index (χ4n) is 2.80. The highest BCUT2D eigenvalue weighted by atomic mass is 35.5.